The summed E-state index contributed by atoms with van der Waals surface area (Å²) in [5, 5.41) is 9.61. The Hall–Kier alpha value is -2.04. The van der Waals surface area contributed by atoms with Crippen molar-refractivity contribution in [3.05, 3.63) is 29.8 Å². The highest BCUT2D eigenvalue weighted by atomic mass is 127. The molecule has 1 aromatic carbocycles. The summed E-state index contributed by atoms with van der Waals surface area (Å²) in [7, 11) is 5.40. The van der Waals surface area contributed by atoms with Gasteiger partial charge in [-0.25, -0.2) is 0 Å². The quantitative estimate of drug-likeness (QED) is 0.228. The Bertz CT molecular complexity index is 803. The van der Waals surface area contributed by atoms with E-state index in [-0.39, 0.29) is 47.8 Å². The lowest BCUT2D eigenvalue weighted by Crippen LogP contribution is -2.49. The number of amides is 2. The first-order chi connectivity index (χ1) is 15.4. The fraction of sp³-hybridized carbons (Fsp3) is 0.625. The average molecular weight is 572 g/mol. The molecule has 2 amide bonds. The van der Waals surface area contributed by atoms with E-state index in [1.807, 2.05) is 38.4 Å². The standard InChI is InChI=1S/C24H37N5O3.HI/c1-25-23(27-17-24(13-4-5-14-24)22(31)29(2)3)26-15-12-18-6-10-20(11-7-18)32-16-21(30)28-19-8-9-19;/h6-7,10-11,19H,4-5,8-9,12-17H2,1-3H3,(H,28,30)(H2,25,26,27);1H. The number of benzene rings is 1. The maximum absolute atomic E-state index is 12.7. The van der Waals surface area contributed by atoms with Crippen LogP contribution in [0.5, 0.6) is 5.75 Å². The van der Waals surface area contributed by atoms with E-state index < -0.39 is 0 Å². The predicted molar refractivity (Wildman–Crippen MR) is 141 cm³/mol. The Morgan fingerprint density at radius 1 is 1.12 bits per heavy atom. The van der Waals surface area contributed by atoms with Gasteiger partial charge in [0.05, 0.1) is 5.41 Å². The Balaban J connectivity index is 0.00000385. The zero-order chi connectivity index (χ0) is 23.0. The van der Waals surface area contributed by atoms with Gasteiger partial charge in [-0.15, -0.1) is 24.0 Å². The Morgan fingerprint density at radius 3 is 2.36 bits per heavy atom. The first-order valence-corrected chi connectivity index (χ1v) is 11.6. The monoisotopic (exact) mass is 571 g/mol. The number of nitrogens with one attached hydrogen (secondary N) is 3. The lowest BCUT2D eigenvalue weighted by atomic mass is 9.84. The Labute approximate surface area is 214 Å². The topological polar surface area (TPSA) is 95.1 Å². The maximum atomic E-state index is 12.7. The molecule has 2 aliphatic carbocycles. The number of aliphatic imine (C=N–C) groups is 1. The van der Waals surface area contributed by atoms with Crippen LogP contribution in [-0.2, 0) is 16.0 Å². The molecule has 0 unspecified atom stereocenters. The van der Waals surface area contributed by atoms with Crippen molar-refractivity contribution < 1.29 is 14.3 Å². The second-order valence-corrected chi connectivity index (χ2v) is 9.06. The number of carbonyl (C=O) groups is 2. The molecule has 0 bridgehead atoms. The van der Waals surface area contributed by atoms with E-state index in [9.17, 15) is 9.59 Å². The number of hydrogen-bond acceptors (Lipinski definition) is 4. The number of guanidine groups is 1. The number of hydrogen-bond donors (Lipinski definition) is 3. The summed E-state index contributed by atoms with van der Waals surface area (Å²) in [6, 6.07) is 8.15. The lowest BCUT2D eigenvalue weighted by molar-refractivity contribution is -0.138. The molecular formula is C24H38IN5O3. The van der Waals surface area contributed by atoms with Gasteiger partial charge in [0.1, 0.15) is 5.75 Å². The fourth-order valence-electron chi connectivity index (χ4n) is 4.19. The van der Waals surface area contributed by atoms with Crippen LogP contribution in [0.25, 0.3) is 0 Å². The minimum absolute atomic E-state index is 0. The van der Waals surface area contributed by atoms with Crippen LogP contribution in [0.15, 0.2) is 29.3 Å². The van der Waals surface area contributed by atoms with Gasteiger partial charge in [0.25, 0.3) is 5.91 Å². The third-order valence-electron chi connectivity index (χ3n) is 6.18. The normalized spacial score (nSPS) is 17.0. The molecule has 33 heavy (non-hydrogen) atoms. The summed E-state index contributed by atoms with van der Waals surface area (Å²) in [4.78, 5) is 30.4. The van der Waals surface area contributed by atoms with Gasteiger partial charge < -0.3 is 25.6 Å². The van der Waals surface area contributed by atoms with Gasteiger partial charge >= 0.3 is 0 Å². The Kier molecular flexibility index (Phi) is 10.7. The smallest absolute Gasteiger partial charge is 0.258 e. The van der Waals surface area contributed by atoms with E-state index in [1.165, 1.54) is 0 Å². The van der Waals surface area contributed by atoms with E-state index >= 15 is 0 Å². The van der Waals surface area contributed by atoms with Crippen LogP contribution in [0.2, 0.25) is 0 Å². The molecule has 0 atom stereocenters. The molecule has 2 fully saturated rings. The van der Waals surface area contributed by atoms with Gasteiger partial charge in [0, 0.05) is 40.3 Å². The van der Waals surface area contributed by atoms with Crippen LogP contribution < -0.4 is 20.7 Å². The minimum atomic E-state index is -0.327. The molecule has 0 aromatic heterocycles. The fourth-order valence-corrected chi connectivity index (χ4v) is 4.19. The highest BCUT2D eigenvalue weighted by Gasteiger charge is 2.42. The van der Waals surface area contributed by atoms with Gasteiger partial charge in [0.2, 0.25) is 5.91 Å². The molecule has 184 valence electrons. The molecule has 0 aliphatic heterocycles. The minimum Gasteiger partial charge on any atom is -0.484 e. The molecule has 0 heterocycles. The largest absolute Gasteiger partial charge is 0.484 e. The number of carbonyl (C=O) groups excluding carboxylic acids is 2. The van der Waals surface area contributed by atoms with Crippen LogP contribution in [0, 0.1) is 5.41 Å². The molecule has 3 rings (SSSR count). The highest BCUT2D eigenvalue weighted by molar-refractivity contribution is 14.0. The van der Waals surface area contributed by atoms with Crippen molar-refractivity contribution in [3.8, 4) is 5.75 Å². The number of rotatable bonds is 10. The van der Waals surface area contributed by atoms with Crippen molar-refractivity contribution in [2.45, 2.75) is 51.0 Å². The molecule has 0 saturated heterocycles. The first-order valence-electron chi connectivity index (χ1n) is 11.6. The second kappa shape index (κ2) is 13.0. The highest BCUT2D eigenvalue weighted by Crippen LogP contribution is 2.38. The molecule has 2 aliphatic rings. The third kappa shape index (κ3) is 8.35. The SMILES string of the molecule is CN=C(NCCc1ccc(OCC(=O)NC2CC2)cc1)NCC1(C(=O)N(C)C)CCCC1.I. The molecule has 9 heteroatoms. The van der Waals surface area contributed by atoms with E-state index in [2.05, 4.69) is 20.9 Å². The van der Waals surface area contributed by atoms with Crippen molar-refractivity contribution in [3.63, 3.8) is 0 Å². The van der Waals surface area contributed by atoms with Gasteiger partial charge in [-0.05, 0) is 49.8 Å². The molecule has 2 saturated carbocycles. The molecule has 0 spiro atoms. The molecular weight excluding hydrogens is 533 g/mol. The van der Waals surface area contributed by atoms with E-state index in [0.717, 1.165) is 57.1 Å². The van der Waals surface area contributed by atoms with Gasteiger partial charge in [-0.1, -0.05) is 25.0 Å². The summed E-state index contributed by atoms with van der Waals surface area (Å²) in [5.41, 5.74) is 0.838. The van der Waals surface area contributed by atoms with Crippen LogP contribution in [0.4, 0.5) is 0 Å². The summed E-state index contributed by atoms with van der Waals surface area (Å²) in [6.07, 6.45) is 7.00. The van der Waals surface area contributed by atoms with Gasteiger partial charge in [0.15, 0.2) is 12.6 Å². The number of nitrogens with zero attached hydrogens (tertiary/aromatic N) is 2. The van der Waals surface area contributed by atoms with E-state index in [1.54, 1.807) is 11.9 Å². The van der Waals surface area contributed by atoms with Crippen molar-refractivity contribution in [2.24, 2.45) is 10.4 Å². The average Bonchev–Trinajstić information content (AvgIpc) is 3.47. The summed E-state index contributed by atoms with van der Waals surface area (Å²) in [6.45, 7) is 1.37. The van der Waals surface area contributed by atoms with Crippen molar-refractivity contribution in [1.82, 2.24) is 20.9 Å². The third-order valence-corrected chi connectivity index (χ3v) is 6.18. The predicted octanol–water partition coefficient (Wildman–Crippen LogP) is 2.32. The summed E-state index contributed by atoms with van der Waals surface area (Å²) >= 11 is 0. The van der Waals surface area contributed by atoms with Crippen LogP contribution in [0.1, 0.15) is 44.1 Å². The van der Waals surface area contributed by atoms with Crippen LogP contribution >= 0.6 is 24.0 Å². The van der Waals surface area contributed by atoms with Gasteiger partial charge in [-0.2, -0.15) is 0 Å². The number of halogens is 1. The van der Waals surface area contributed by atoms with E-state index in [4.69, 9.17) is 4.74 Å². The molecule has 8 nitrogen and oxygen atoms in total. The van der Waals surface area contributed by atoms with E-state index in [0.29, 0.717) is 24.3 Å². The Morgan fingerprint density at radius 2 is 1.79 bits per heavy atom. The summed E-state index contributed by atoms with van der Waals surface area (Å²) < 4.78 is 5.55. The summed E-state index contributed by atoms with van der Waals surface area (Å²) in [5.74, 6) is 1.54. The maximum Gasteiger partial charge on any atom is 0.258 e. The molecule has 3 N–H and O–H groups in total. The number of ether oxygens (including phenoxy) is 1. The van der Waals surface area contributed by atoms with Crippen LogP contribution in [-0.4, -0.2) is 69.6 Å². The zero-order valence-electron chi connectivity index (χ0n) is 20.0. The van der Waals surface area contributed by atoms with Crippen molar-refractivity contribution in [1.29, 1.82) is 0 Å². The van der Waals surface area contributed by atoms with Crippen molar-refractivity contribution >= 4 is 41.8 Å². The first kappa shape index (κ1) is 27.2. The second-order valence-electron chi connectivity index (χ2n) is 9.06. The molecule has 0 radical (unpaired) electrons. The van der Waals surface area contributed by atoms with Crippen molar-refractivity contribution in [2.75, 3.05) is 40.8 Å². The zero-order valence-corrected chi connectivity index (χ0v) is 22.3. The van der Waals surface area contributed by atoms with Gasteiger partial charge in [-0.3, -0.25) is 14.6 Å². The lowest BCUT2D eigenvalue weighted by Gasteiger charge is -2.31. The molecule has 1 aromatic rings. The van der Waals surface area contributed by atoms with Crippen LogP contribution in [0.3, 0.4) is 0 Å².